The zero-order valence-electron chi connectivity index (χ0n) is 18.5. The molecule has 1 aromatic carbocycles. The first-order valence-corrected chi connectivity index (χ1v) is 11.7. The van der Waals surface area contributed by atoms with Gasteiger partial charge in [-0.2, -0.15) is 0 Å². The van der Waals surface area contributed by atoms with Crippen LogP contribution >= 0.6 is 0 Å². The van der Waals surface area contributed by atoms with Gasteiger partial charge < -0.3 is 15.5 Å². The van der Waals surface area contributed by atoms with Crippen LogP contribution in [-0.2, 0) is 0 Å². The Bertz CT molecular complexity index is 1260. The number of benzene rings is 1. The van der Waals surface area contributed by atoms with E-state index in [2.05, 4.69) is 25.5 Å². The van der Waals surface area contributed by atoms with Crippen molar-refractivity contribution in [2.45, 2.75) is 25.2 Å². The van der Waals surface area contributed by atoms with Gasteiger partial charge in [0, 0.05) is 48.7 Å². The van der Waals surface area contributed by atoms with Crippen LogP contribution in [0.3, 0.4) is 0 Å². The average Bonchev–Trinajstić information content (AvgIpc) is 3.71. The number of hydrogen-bond donors (Lipinski definition) is 2. The number of anilines is 3. The van der Waals surface area contributed by atoms with Crippen LogP contribution in [0.4, 0.5) is 17.3 Å². The van der Waals surface area contributed by atoms with Crippen molar-refractivity contribution in [3.05, 3.63) is 66.6 Å². The predicted octanol–water partition coefficient (Wildman–Crippen LogP) is 4.51. The lowest BCUT2D eigenvalue weighted by atomic mass is 10.1. The van der Waals surface area contributed by atoms with Gasteiger partial charge in [-0.25, -0.2) is 15.0 Å². The van der Waals surface area contributed by atoms with E-state index in [1.807, 2.05) is 61.1 Å². The minimum absolute atomic E-state index is 0.585. The standard InChI is InChI=1S/C26H27N7/c1-2-5-20(6-3-1)30-23-15-19(9-11-29-23)25-31-22-17-28-16-21(18-7-8-18)24(22)26(32-25)33-13-4-10-27-12-14-33/h1-3,5-6,9,11,15-18,27H,4,7-8,10,12-14H2,(H,29,30). The quantitative estimate of drug-likeness (QED) is 0.476. The molecule has 7 nitrogen and oxygen atoms in total. The Kier molecular flexibility index (Phi) is 5.32. The highest BCUT2D eigenvalue weighted by molar-refractivity contribution is 5.94. The Morgan fingerprint density at radius 1 is 0.970 bits per heavy atom. The number of para-hydroxylation sites is 1. The average molecular weight is 438 g/mol. The van der Waals surface area contributed by atoms with Crippen LogP contribution in [0.2, 0.25) is 0 Å². The molecule has 2 aliphatic rings. The Morgan fingerprint density at radius 3 is 2.76 bits per heavy atom. The fraction of sp³-hybridized carbons (Fsp3) is 0.308. The van der Waals surface area contributed by atoms with Crippen LogP contribution in [-0.4, -0.2) is 46.1 Å². The number of rotatable bonds is 5. The highest BCUT2D eigenvalue weighted by Gasteiger charge is 2.29. The van der Waals surface area contributed by atoms with Crippen LogP contribution in [0.5, 0.6) is 0 Å². The summed E-state index contributed by atoms with van der Waals surface area (Å²) in [6.07, 6.45) is 9.27. The van der Waals surface area contributed by atoms with Gasteiger partial charge in [0.05, 0.1) is 11.7 Å². The van der Waals surface area contributed by atoms with Crippen molar-refractivity contribution < 1.29 is 0 Å². The number of aromatic nitrogens is 4. The third-order valence-corrected chi connectivity index (χ3v) is 6.34. The molecular formula is C26H27N7. The highest BCUT2D eigenvalue weighted by atomic mass is 15.2. The summed E-state index contributed by atoms with van der Waals surface area (Å²) in [4.78, 5) is 21.6. The van der Waals surface area contributed by atoms with Gasteiger partial charge in [-0.3, -0.25) is 4.98 Å². The monoisotopic (exact) mass is 437 g/mol. The van der Waals surface area contributed by atoms with E-state index in [1.54, 1.807) is 0 Å². The van der Waals surface area contributed by atoms with Crippen molar-refractivity contribution in [2.24, 2.45) is 0 Å². The molecule has 2 fully saturated rings. The maximum absolute atomic E-state index is 5.16. The van der Waals surface area contributed by atoms with Gasteiger partial charge in [0.2, 0.25) is 0 Å². The normalized spacial score (nSPS) is 16.5. The van der Waals surface area contributed by atoms with E-state index in [-0.39, 0.29) is 0 Å². The molecule has 0 atom stereocenters. The highest BCUT2D eigenvalue weighted by Crippen LogP contribution is 2.44. The molecule has 1 saturated heterocycles. The maximum Gasteiger partial charge on any atom is 0.162 e. The minimum atomic E-state index is 0.585. The molecule has 1 saturated carbocycles. The summed E-state index contributed by atoms with van der Waals surface area (Å²) in [5.74, 6) is 3.11. The molecule has 4 heterocycles. The zero-order chi connectivity index (χ0) is 22.0. The largest absolute Gasteiger partial charge is 0.355 e. The van der Waals surface area contributed by atoms with E-state index < -0.39 is 0 Å². The molecule has 6 rings (SSSR count). The fourth-order valence-electron chi connectivity index (χ4n) is 4.52. The minimum Gasteiger partial charge on any atom is -0.355 e. The summed E-state index contributed by atoms with van der Waals surface area (Å²) >= 11 is 0. The van der Waals surface area contributed by atoms with E-state index >= 15 is 0 Å². The Balaban J connectivity index is 1.45. The van der Waals surface area contributed by atoms with Crippen LogP contribution in [0, 0.1) is 0 Å². The Hall–Kier alpha value is -3.58. The lowest BCUT2D eigenvalue weighted by Crippen LogP contribution is -2.29. The molecule has 0 amide bonds. The summed E-state index contributed by atoms with van der Waals surface area (Å²) in [5, 5.41) is 8.06. The van der Waals surface area contributed by atoms with Gasteiger partial charge >= 0.3 is 0 Å². The molecule has 1 aliphatic heterocycles. The molecule has 4 aromatic rings. The topological polar surface area (TPSA) is 78.9 Å². The third-order valence-electron chi connectivity index (χ3n) is 6.34. The van der Waals surface area contributed by atoms with Gasteiger partial charge in [0.15, 0.2) is 5.82 Å². The molecular weight excluding hydrogens is 410 g/mol. The van der Waals surface area contributed by atoms with Crippen molar-refractivity contribution in [1.82, 2.24) is 25.3 Å². The molecule has 2 N–H and O–H groups in total. The molecule has 0 unspecified atom stereocenters. The predicted molar refractivity (Wildman–Crippen MR) is 132 cm³/mol. The van der Waals surface area contributed by atoms with Crippen LogP contribution in [0.15, 0.2) is 61.1 Å². The van der Waals surface area contributed by atoms with Gasteiger partial charge in [-0.05, 0) is 61.6 Å². The molecule has 33 heavy (non-hydrogen) atoms. The molecule has 3 aromatic heterocycles. The number of hydrogen-bond acceptors (Lipinski definition) is 7. The Labute approximate surface area is 193 Å². The van der Waals surface area contributed by atoms with Crippen molar-refractivity contribution in [3.63, 3.8) is 0 Å². The summed E-state index contributed by atoms with van der Waals surface area (Å²) in [6, 6.07) is 14.1. The zero-order valence-corrected chi connectivity index (χ0v) is 18.5. The second kappa shape index (κ2) is 8.75. The second-order valence-electron chi connectivity index (χ2n) is 8.78. The molecule has 1 aliphatic carbocycles. The van der Waals surface area contributed by atoms with Gasteiger partial charge in [0.25, 0.3) is 0 Å². The van der Waals surface area contributed by atoms with Crippen molar-refractivity contribution >= 4 is 28.2 Å². The van der Waals surface area contributed by atoms with Gasteiger partial charge in [0.1, 0.15) is 11.6 Å². The van der Waals surface area contributed by atoms with E-state index in [0.717, 1.165) is 61.0 Å². The van der Waals surface area contributed by atoms with Crippen LogP contribution in [0.1, 0.15) is 30.7 Å². The van der Waals surface area contributed by atoms with Gasteiger partial charge in [-0.1, -0.05) is 18.2 Å². The number of nitrogens with one attached hydrogen (secondary N) is 2. The lowest BCUT2D eigenvalue weighted by Gasteiger charge is -2.24. The van der Waals surface area contributed by atoms with E-state index in [1.165, 1.54) is 23.8 Å². The van der Waals surface area contributed by atoms with E-state index in [0.29, 0.717) is 11.7 Å². The number of nitrogens with zero attached hydrogens (tertiary/aromatic N) is 5. The van der Waals surface area contributed by atoms with E-state index in [4.69, 9.17) is 9.97 Å². The van der Waals surface area contributed by atoms with Crippen LogP contribution < -0.4 is 15.5 Å². The second-order valence-corrected chi connectivity index (χ2v) is 8.78. The first-order valence-electron chi connectivity index (χ1n) is 11.7. The van der Waals surface area contributed by atoms with Crippen LogP contribution in [0.25, 0.3) is 22.3 Å². The summed E-state index contributed by atoms with van der Waals surface area (Å²) < 4.78 is 0. The Morgan fingerprint density at radius 2 is 1.88 bits per heavy atom. The smallest absolute Gasteiger partial charge is 0.162 e. The number of fused-ring (bicyclic) bond motifs is 1. The first-order chi connectivity index (χ1) is 16.3. The third kappa shape index (κ3) is 4.24. The molecule has 166 valence electrons. The summed E-state index contributed by atoms with van der Waals surface area (Å²) in [6.45, 7) is 3.94. The molecule has 7 heteroatoms. The summed E-state index contributed by atoms with van der Waals surface area (Å²) in [7, 11) is 0. The number of pyridine rings is 2. The van der Waals surface area contributed by atoms with Gasteiger partial charge in [-0.15, -0.1) is 0 Å². The van der Waals surface area contributed by atoms with E-state index in [9.17, 15) is 0 Å². The summed E-state index contributed by atoms with van der Waals surface area (Å²) in [5.41, 5.74) is 4.16. The van der Waals surface area contributed by atoms with Crippen molar-refractivity contribution in [1.29, 1.82) is 0 Å². The first kappa shape index (κ1) is 20.1. The fourth-order valence-corrected chi connectivity index (χ4v) is 4.52. The molecule has 0 bridgehead atoms. The molecule has 0 spiro atoms. The maximum atomic E-state index is 5.16. The molecule has 0 radical (unpaired) electrons. The van der Waals surface area contributed by atoms with Crippen molar-refractivity contribution in [2.75, 3.05) is 36.4 Å². The lowest BCUT2D eigenvalue weighted by molar-refractivity contribution is 0.724. The van der Waals surface area contributed by atoms with Crippen molar-refractivity contribution in [3.8, 4) is 11.4 Å². The SMILES string of the molecule is c1ccc(Nc2cc(-c3nc(N4CCCNCC4)c4c(C5CC5)cncc4n3)ccn2)cc1.